The van der Waals surface area contributed by atoms with Crippen molar-refractivity contribution in [2.75, 3.05) is 73.0 Å². The van der Waals surface area contributed by atoms with Crippen molar-refractivity contribution in [3.05, 3.63) is 108 Å². The Balaban J connectivity index is 1.69. The van der Waals surface area contributed by atoms with Crippen LogP contribution in [0.25, 0.3) is 0 Å². The highest BCUT2D eigenvalue weighted by molar-refractivity contribution is 8.00. The van der Waals surface area contributed by atoms with Gasteiger partial charge < -0.3 is 41.0 Å². The molecule has 0 saturated heterocycles. The predicted molar refractivity (Wildman–Crippen MR) is 270 cm³/mol. The average Bonchev–Trinajstić information content (AvgIpc) is 3.34. The second-order valence-corrected chi connectivity index (χ2v) is 18.6. The molecule has 0 spiro atoms. The molecule has 3 aromatic carbocycles. The van der Waals surface area contributed by atoms with Crippen LogP contribution in [0.2, 0.25) is 0 Å². The summed E-state index contributed by atoms with van der Waals surface area (Å²) >= 11 is 1.59. The van der Waals surface area contributed by atoms with Crippen LogP contribution in [0.1, 0.15) is 120 Å². The van der Waals surface area contributed by atoms with Crippen molar-refractivity contribution in [2.45, 2.75) is 120 Å². The Morgan fingerprint density at radius 1 is 0.642 bits per heavy atom. The van der Waals surface area contributed by atoms with Gasteiger partial charge in [-0.2, -0.15) is 0 Å². The van der Waals surface area contributed by atoms with Crippen molar-refractivity contribution in [1.82, 2.24) is 20.0 Å². The van der Waals surface area contributed by atoms with Gasteiger partial charge in [0, 0.05) is 39.9 Å². The minimum absolute atomic E-state index is 0.0850. The number of carbonyl (C=O) groups is 5. The number of unbranched alkanes of at least 4 members (excludes halogenated alkanes) is 11. The maximum Gasteiger partial charge on any atom is 0.246 e. The summed E-state index contributed by atoms with van der Waals surface area (Å²) in [7, 11) is 4.99. The number of hydrogen-bond acceptors (Lipinski definition) is 9. The lowest BCUT2D eigenvalue weighted by Gasteiger charge is -2.38. The number of nitrogens with one attached hydrogen (secondary N) is 1. The molecule has 0 fully saturated rings. The second-order valence-electron chi connectivity index (χ2n) is 17.4. The minimum atomic E-state index is -0.894. The van der Waals surface area contributed by atoms with E-state index in [2.05, 4.69) is 48.6 Å². The van der Waals surface area contributed by atoms with Gasteiger partial charge in [-0.1, -0.05) is 162 Å². The highest BCUT2D eigenvalue weighted by Gasteiger charge is 2.40. The van der Waals surface area contributed by atoms with Crippen LogP contribution in [0.3, 0.4) is 0 Å². The largest absolute Gasteiger partial charge is 0.377 e. The van der Waals surface area contributed by atoms with Crippen LogP contribution < -0.4 is 16.8 Å². The lowest BCUT2D eigenvalue weighted by Crippen LogP contribution is -2.53. The fourth-order valence-corrected chi connectivity index (χ4v) is 9.68. The summed E-state index contributed by atoms with van der Waals surface area (Å²) < 4.78 is 10.5. The normalized spacial score (nSPS) is 12.3. The molecule has 370 valence electrons. The van der Waals surface area contributed by atoms with Gasteiger partial charge in [0.2, 0.25) is 29.5 Å². The number of benzene rings is 3. The molecule has 13 nitrogen and oxygen atoms in total. The van der Waals surface area contributed by atoms with Gasteiger partial charge in [-0.3, -0.25) is 24.0 Å². The third kappa shape index (κ3) is 20.2. The van der Waals surface area contributed by atoms with Gasteiger partial charge >= 0.3 is 0 Å². The van der Waals surface area contributed by atoms with Crippen molar-refractivity contribution < 1.29 is 33.4 Å². The molecule has 0 aromatic heterocycles. The van der Waals surface area contributed by atoms with E-state index in [9.17, 15) is 24.0 Å². The smallest absolute Gasteiger partial charge is 0.246 e. The number of ether oxygens (including phenoxy) is 2. The Morgan fingerprint density at radius 3 is 1.66 bits per heavy atom. The first kappa shape index (κ1) is 56.6. The molecule has 0 aliphatic heterocycles. The molecule has 0 aliphatic carbocycles. The molecule has 14 heteroatoms. The first-order chi connectivity index (χ1) is 32.5. The van der Waals surface area contributed by atoms with Gasteiger partial charge in [0.15, 0.2) is 0 Å². The summed E-state index contributed by atoms with van der Waals surface area (Å²) in [5.74, 6) is -1.52. The van der Waals surface area contributed by atoms with Crippen molar-refractivity contribution in [1.29, 1.82) is 0 Å². The van der Waals surface area contributed by atoms with Crippen molar-refractivity contribution >= 4 is 41.3 Å². The number of nitrogens with zero attached hydrogens (tertiary/aromatic N) is 3. The molecule has 67 heavy (non-hydrogen) atoms. The fourth-order valence-electron chi connectivity index (χ4n) is 7.99. The highest BCUT2D eigenvalue weighted by atomic mass is 32.2. The van der Waals surface area contributed by atoms with Crippen LogP contribution in [-0.2, 0) is 38.2 Å². The second kappa shape index (κ2) is 32.9. The SMILES string of the molecule is CCCCCCCCCCCCCC(=O)N(C)CC(=O)N(C)[C@@H](CSC(c1ccccc1)(c1ccccc1)c1ccccc1)C(=O)N(C)CCOCCOCC(=O)N[C@@H](CCCCN)C(N)=O. The molecule has 0 bridgehead atoms. The van der Waals surface area contributed by atoms with E-state index < -0.39 is 28.6 Å². The number of carbonyl (C=O) groups excluding carboxylic acids is 5. The molecule has 0 aliphatic rings. The van der Waals surface area contributed by atoms with Gasteiger partial charge in [-0.15, -0.1) is 11.8 Å². The van der Waals surface area contributed by atoms with Crippen LogP contribution in [0, 0.1) is 0 Å². The number of likely N-dealkylation sites (N-methyl/N-ethyl adjacent to an activating group) is 3. The quantitative estimate of drug-likeness (QED) is 0.0399. The molecule has 0 radical (unpaired) electrons. The zero-order valence-corrected chi connectivity index (χ0v) is 41.7. The Morgan fingerprint density at radius 2 is 1.15 bits per heavy atom. The van der Waals surface area contributed by atoms with Crippen LogP contribution in [-0.4, -0.2) is 129 Å². The number of nitrogens with two attached hydrogens (primary N) is 2. The van der Waals surface area contributed by atoms with E-state index in [0.29, 0.717) is 25.8 Å². The van der Waals surface area contributed by atoms with Crippen molar-refractivity contribution in [3.63, 3.8) is 0 Å². The van der Waals surface area contributed by atoms with Gasteiger partial charge in [-0.05, 0) is 48.9 Å². The Bertz CT molecular complexity index is 1760. The van der Waals surface area contributed by atoms with E-state index >= 15 is 0 Å². The van der Waals surface area contributed by atoms with Crippen LogP contribution in [0.4, 0.5) is 0 Å². The Labute approximate surface area is 405 Å². The van der Waals surface area contributed by atoms with E-state index in [1.54, 1.807) is 37.8 Å². The predicted octanol–water partition coefficient (Wildman–Crippen LogP) is 7.29. The Hall–Kier alpha value is -4.76. The van der Waals surface area contributed by atoms with E-state index in [1.807, 2.05) is 54.6 Å². The van der Waals surface area contributed by atoms with Gasteiger partial charge in [0.25, 0.3) is 0 Å². The van der Waals surface area contributed by atoms with E-state index in [1.165, 1.54) is 61.2 Å². The molecular weight excluding hydrogens is 865 g/mol. The summed E-state index contributed by atoms with van der Waals surface area (Å²) in [5, 5.41) is 2.60. The third-order valence-electron chi connectivity index (χ3n) is 12.1. The maximum absolute atomic E-state index is 14.6. The van der Waals surface area contributed by atoms with Crippen molar-refractivity contribution in [3.8, 4) is 0 Å². The lowest BCUT2D eigenvalue weighted by atomic mass is 9.84. The third-order valence-corrected chi connectivity index (χ3v) is 13.7. The fraction of sp³-hybridized carbons (Fsp3) is 0.566. The summed E-state index contributed by atoms with van der Waals surface area (Å²) in [6.07, 6.45) is 15.3. The molecular formula is C53H80N6O7S. The molecule has 2 atom stereocenters. The molecule has 5 N–H and O–H groups in total. The van der Waals surface area contributed by atoms with Crippen LogP contribution >= 0.6 is 11.8 Å². The van der Waals surface area contributed by atoms with E-state index in [0.717, 1.165) is 42.4 Å². The van der Waals surface area contributed by atoms with Crippen LogP contribution in [0.15, 0.2) is 91.0 Å². The monoisotopic (exact) mass is 945 g/mol. The number of primary amides is 1. The molecule has 3 aromatic rings. The van der Waals surface area contributed by atoms with E-state index in [4.69, 9.17) is 20.9 Å². The minimum Gasteiger partial charge on any atom is -0.377 e. The number of amides is 5. The summed E-state index contributed by atoms with van der Waals surface area (Å²) in [6.45, 7) is 2.99. The lowest BCUT2D eigenvalue weighted by molar-refractivity contribution is -0.145. The zero-order valence-electron chi connectivity index (χ0n) is 40.8. The standard InChI is InChI=1S/C53H80N6O7S/c1-5-6-7-8-9-10-11-12-13-14-24-34-49(61)58(3)40-50(62)59(4)47(52(64)57(2)36-37-65-38-39-66-41-48(60)56-46(51(55)63)33-25-26-35-54)42-67-53(43-27-18-15-19-28-43,44-29-20-16-21-30-44)45-31-22-17-23-32-45/h15-23,27-32,46-47H,5-14,24-26,33-42,54H2,1-4H3,(H2,55,63)(H,56,60)/t46-,47-/m0/s1. The number of hydrogen-bond donors (Lipinski definition) is 3. The topological polar surface area (TPSA) is 178 Å². The van der Waals surface area contributed by atoms with Crippen LogP contribution in [0.5, 0.6) is 0 Å². The molecule has 0 saturated carbocycles. The zero-order chi connectivity index (χ0) is 48.7. The molecule has 0 unspecified atom stereocenters. The first-order valence-electron chi connectivity index (χ1n) is 24.5. The van der Waals surface area contributed by atoms with E-state index in [-0.39, 0.29) is 63.0 Å². The summed E-state index contributed by atoms with van der Waals surface area (Å²) in [6, 6.07) is 28.9. The summed E-state index contributed by atoms with van der Waals surface area (Å²) in [4.78, 5) is 70.7. The number of rotatable bonds is 36. The molecule has 3 rings (SSSR count). The summed E-state index contributed by atoms with van der Waals surface area (Å²) in [5.41, 5.74) is 14.1. The highest BCUT2D eigenvalue weighted by Crippen LogP contribution is 2.49. The molecule has 0 heterocycles. The molecule has 5 amide bonds. The van der Waals surface area contributed by atoms with Gasteiger partial charge in [0.1, 0.15) is 18.7 Å². The van der Waals surface area contributed by atoms with Gasteiger partial charge in [-0.25, -0.2) is 0 Å². The Kier molecular flexibility index (Phi) is 27.7. The maximum atomic E-state index is 14.6. The number of thioether (sulfide) groups is 1. The average molecular weight is 945 g/mol. The van der Waals surface area contributed by atoms with Gasteiger partial charge in [0.05, 0.1) is 31.1 Å². The first-order valence-corrected chi connectivity index (χ1v) is 25.4. The van der Waals surface area contributed by atoms with Crippen molar-refractivity contribution in [2.24, 2.45) is 11.5 Å².